The predicted octanol–water partition coefficient (Wildman–Crippen LogP) is 3.74. The van der Waals surface area contributed by atoms with Crippen LogP contribution in [0.15, 0.2) is 30.5 Å². The highest BCUT2D eigenvalue weighted by Crippen LogP contribution is 2.55. The Labute approximate surface area is 216 Å². The van der Waals surface area contributed by atoms with Gasteiger partial charge >= 0.3 is 6.18 Å². The third-order valence-corrected chi connectivity index (χ3v) is 6.68. The molecule has 2 N–H and O–H groups in total. The summed E-state index contributed by atoms with van der Waals surface area (Å²) >= 11 is 0. The Morgan fingerprint density at radius 3 is 2.50 bits per heavy atom. The summed E-state index contributed by atoms with van der Waals surface area (Å²) in [5, 5.41) is 5.12. The Bertz CT molecular complexity index is 1190. The molecule has 13 heteroatoms. The van der Waals surface area contributed by atoms with Crippen molar-refractivity contribution in [1.82, 2.24) is 15.2 Å². The van der Waals surface area contributed by atoms with E-state index in [2.05, 4.69) is 15.6 Å². The number of carbonyl (C=O) groups excluding carboxylic acids is 2. The van der Waals surface area contributed by atoms with E-state index < -0.39 is 58.9 Å². The first-order chi connectivity index (χ1) is 17.7. The second kappa shape index (κ2) is 11.2. The molecule has 0 aliphatic carbocycles. The minimum Gasteiger partial charge on any atom is -0.493 e. The van der Waals surface area contributed by atoms with Crippen LogP contribution in [0.5, 0.6) is 5.75 Å². The van der Waals surface area contributed by atoms with Gasteiger partial charge in [0.15, 0.2) is 17.2 Å². The average Bonchev–Trinajstić information content (AvgIpc) is 3.12. The first-order valence-electron chi connectivity index (χ1n) is 11.7. The molecule has 1 aliphatic rings. The number of nitrogens with zero attached hydrogens (tertiary/aromatic N) is 2. The van der Waals surface area contributed by atoms with E-state index in [0.717, 1.165) is 26.2 Å². The number of pyridine rings is 1. The number of hydrogen-bond donors (Lipinski definition) is 2. The Hall–Kier alpha value is -3.32. The zero-order valence-electron chi connectivity index (χ0n) is 21.5. The van der Waals surface area contributed by atoms with Crippen LogP contribution in [0.4, 0.5) is 27.6 Å². The molecule has 2 aromatic rings. The van der Waals surface area contributed by atoms with Crippen LogP contribution in [-0.2, 0) is 9.53 Å². The number of aromatic nitrogens is 1. The van der Waals surface area contributed by atoms with E-state index in [1.54, 1.807) is 0 Å². The number of halogens is 5. The molecule has 0 unspecified atom stereocenters. The number of rotatable bonds is 8. The lowest BCUT2D eigenvalue weighted by atomic mass is 9.77. The van der Waals surface area contributed by atoms with E-state index in [-0.39, 0.29) is 16.9 Å². The van der Waals surface area contributed by atoms with Gasteiger partial charge < -0.3 is 25.0 Å². The molecule has 2 heterocycles. The summed E-state index contributed by atoms with van der Waals surface area (Å²) in [5.74, 6) is -7.51. The Morgan fingerprint density at radius 2 is 1.89 bits per heavy atom. The summed E-state index contributed by atoms with van der Waals surface area (Å²) in [6.07, 6.45) is -5.40. The molecule has 0 bridgehead atoms. The Morgan fingerprint density at radius 1 is 1.21 bits per heavy atom. The van der Waals surface area contributed by atoms with Crippen molar-refractivity contribution in [3.05, 3.63) is 53.4 Å². The summed E-state index contributed by atoms with van der Waals surface area (Å²) in [7, 11) is 4.71. The third kappa shape index (κ3) is 5.73. The van der Waals surface area contributed by atoms with Crippen molar-refractivity contribution in [3.63, 3.8) is 0 Å². The number of alkyl halides is 3. The highest BCUT2D eigenvalue weighted by Gasteiger charge is 2.65. The lowest BCUT2D eigenvalue weighted by molar-refractivity contribution is -0.272. The zero-order valence-corrected chi connectivity index (χ0v) is 21.5. The number of carbonyl (C=O) groups is 2. The van der Waals surface area contributed by atoms with Crippen LogP contribution in [0, 0.1) is 17.6 Å². The fourth-order valence-electron chi connectivity index (χ4n) is 4.37. The summed E-state index contributed by atoms with van der Waals surface area (Å²) in [4.78, 5) is 31.5. The molecule has 38 heavy (non-hydrogen) atoms. The van der Waals surface area contributed by atoms with E-state index in [1.165, 1.54) is 25.3 Å². The fraction of sp³-hybridized carbons (Fsp3) is 0.480. The topological polar surface area (TPSA) is 92.8 Å². The van der Waals surface area contributed by atoms with Crippen molar-refractivity contribution in [3.8, 4) is 5.75 Å². The second-order valence-electron chi connectivity index (χ2n) is 9.42. The number of methoxy groups -OCH3 is 1. The van der Waals surface area contributed by atoms with Gasteiger partial charge in [-0.15, -0.1) is 0 Å². The van der Waals surface area contributed by atoms with Crippen LogP contribution in [-0.4, -0.2) is 73.9 Å². The lowest BCUT2D eigenvalue weighted by Crippen LogP contribution is -2.47. The van der Waals surface area contributed by atoms with Gasteiger partial charge in [0.2, 0.25) is 5.82 Å². The smallest absolute Gasteiger partial charge is 0.417 e. The van der Waals surface area contributed by atoms with E-state index in [0.29, 0.717) is 13.1 Å². The minimum absolute atomic E-state index is 0.0266. The molecular formula is C25H29F5N4O4. The zero-order chi connectivity index (χ0) is 28.4. The van der Waals surface area contributed by atoms with Crippen LogP contribution in [0.1, 0.15) is 35.8 Å². The van der Waals surface area contributed by atoms with Gasteiger partial charge in [0.1, 0.15) is 11.8 Å². The molecule has 0 radical (unpaired) electrons. The normalized spacial score (nSPS) is 23.4. The number of amides is 2. The predicted molar refractivity (Wildman–Crippen MR) is 128 cm³/mol. The molecule has 4 atom stereocenters. The maximum absolute atomic E-state index is 14.5. The molecule has 0 saturated carbocycles. The molecule has 3 rings (SSSR count). The van der Waals surface area contributed by atoms with Gasteiger partial charge in [-0.1, -0.05) is 13.0 Å². The van der Waals surface area contributed by atoms with Gasteiger partial charge in [-0.05, 0) is 39.2 Å². The van der Waals surface area contributed by atoms with Gasteiger partial charge in [-0.25, -0.2) is 4.39 Å². The van der Waals surface area contributed by atoms with Gasteiger partial charge in [0.05, 0.1) is 7.11 Å². The van der Waals surface area contributed by atoms with Crippen molar-refractivity contribution in [1.29, 1.82) is 0 Å². The molecule has 1 aliphatic heterocycles. The SMILES string of the molecule is COc1c([C@H]2[C@H](C(=O)Nc3ccnc(C(=O)NCCN(C)C)c3)O[C@@](C)(C(F)(F)F)[C@H]2C)ccc(F)c1F. The number of likely N-dealkylation sites (N-methyl/N-ethyl adjacent to an activating group) is 1. The molecule has 0 spiro atoms. The quantitative estimate of drug-likeness (QED) is 0.492. The molecule has 8 nitrogen and oxygen atoms in total. The molecule has 1 aromatic carbocycles. The third-order valence-electron chi connectivity index (χ3n) is 6.68. The molecule has 1 aromatic heterocycles. The number of anilines is 1. The summed E-state index contributed by atoms with van der Waals surface area (Å²) in [6.45, 7) is 2.93. The summed E-state index contributed by atoms with van der Waals surface area (Å²) in [6, 6.07) is 4.44. The maximum Gasteiger partial charge on any atom is 0.417 e. The van der Waals surface area contributed by atoms with Crippen LogP contribution < -0.4 is 15.4 Å². The minimum atomic E-state index is -4.89. The van der Waals surface area contributed by atoms with Crippen molar-refractivity contribution in [2.24, 2.45) is 5.92 Å². The fourth-order valence-corrected chi connectivity index (χ4v) is 4.37. The number of benzene rings is 1. The van der Waals surface area contributed by atoms with Gasteiger partial charge in [-0.2, -0.15) is 17.6 Å². The first kappa shape index (κ1) is 29.2. The Kier molecular flexibility index (Phi) is 8.62. The molecule has 1 saturated heterocycles. The van der Waals surface area contributed by atoms with E-state index in [4.69, 9.17) is 9.47 Å². The first-order valence-corrected chi connectivity index (χ1v) is 11.7. The monoisotopic (exact) mass is 544 g/mol. The van der Waals surface area contributed by atoms with Gasteiger partial charge in [-0.3, -0.25) is 14.6 Å². The van der Waals surface area contributed by atoms with E-state index >= 15 is 0 Å². The van der Waals surface area contributed by atoms with Crippen molar-refractivity contribution in [2.45, 2.75) is 37.6 Å². The largest absolute Gasteiger partial charge is 0.493 e. The van der Waals surface area contributed by atoms with Crippen molar-refractivity contribution < 1.29 is 41.0 Å². The lowest BCUT2D eigenvalue weighted by Gasteiger charge is -2.32. The van der Waals surface area contributed by atoms with Gasteiger partial charge in [0, 0.05) is 42.4 Å². The van der Waals surface area contributed by atoms with Crippen molar-refractivity contribution in [2.75, 3.05) is 39.6 Å². The number of nitrogens with one attached hydrogen (secondary N) is 2. The maximum atomic E-state index is 14.5. The molecule has 1 fully saturated rings. The van der Waals surface area contributed by atoms with Crippen LogP contribution in [0.2, 0.25) is 0 Å². The summed E-state index contributed by atoms with van der Waals surface area (Å²) < 4.78 is 80.9. The standard InChI is InChI=1S/C25H29F5N4O4/c1-13-18(15-6-7-16(26)19(27)20(15)37-5)21(38-24(13,2)25(28,29)30)23(36)33-14-8-9-31-17(12-14)22(35)32-10-11-34(3)4/h6-9,12-13,18,21H,10-11H2,1-5H3,(H,32,35)(H,31,33,36)/t13-,18-,21+,24+/m0/s1. The second-order valence-corrected chi connectivity index (χ2v) is 9.42. The highest BCUT2D eigenvalue weighted by atomic mass is 19.4. The average molecular weight is 545 g/mol. The molecular weight excluding hydrogens is 515 g/mol. The van der Waals surface area contributed by atoms with Crippen LogP contribution in [0.25, 0.3) is 0 Å². The van der Waals surface area contributed by atoms with Crippen molar-refractivity contribution >= 4 is 17.5 Å². The van der Waals surface area contributed by atoms with Crippen LogP contribution in [0.3, 0.4) is 0 Å². The Balaban J connectivity index is 1.94. The summed E-state index contributed by atoms with van der Waals surface area (Å²) in [5.41, 5.74) is -2.88. The van der Waals surface area contributed by atoms with Crippen LogP contribution >= 0.6 is 0 Å². The number of hydrogen-bond acceptors (Lipinski definition) is 6. The van der Waals surface area contributed by atoms with Gasteiger partial charge in [0.25, 0.3) is 11.8 Å². The van der Waals surface area contributed by atoms with E-state index in [9.17, 15) is 31.5 Å². The molecule has 2 amide bonds. The van der Waals surface area contributed by atoms with E-state index in [1.807, 2.05) is 19.0 Å². The number of ether oxygens (including phenoxy) is 2. The highest BCUT2D eigenvalue weighted by molar-refractivity contribution is 5.97. The molecule has 208 valence electrons.